The summed E-state index contributed by atoms with van der Waals surface area (Å²) in [4.78, 5) is 27.1. The van der Waals surface area contributed by atoms with Crippen LogP contribution < -0.4 is 10.1 Å². The molecule has 5 nitrogen and oxygen atoms in total. The zero-order valence-corrected chi connectivity index (χ0v) is 17.3. The highest BCUT2D eigenvalue weighted by Gasteiger charge is 2.26. The minimum absolute atomic E-state index is 0.0565. The van der Waals surface area contributed by atoms with Crippen LogP contribution in [0.1, 0.15) is 51.4 Å². The van der Waals surface area contributed by atoms with Crippen LogP contribution in [0.15, 0.2) is 29.8 Å². The molecule has 0 bridgehead atoms. The molecule has 28 heavy (non-hydrogen) atoms. The predicted molar refractivity (Wildman–Crippen MR) is 112 cm³/mol. The van der Waals surface area contributed by atoms with Crippen LogP contribution in [0.5, 0.6) is 5.75 Å². The first-order valence-electron chi connectivity index (χ1n) is 10.2. The van der Waals surface area contributed by atoms with Crippen LogP contribution in [-0.4, -0.2) is 36.9 Å². The molecule has 2 amide bonds. The van der Waals surface area contributed by atoms with Gasteiger partial charge in [0.05, 0.1) is 12.8 Å². The molecule has 1 atom stereocenters. The third kappa shape index (κ3) is 5.51. The molecule has 1 saturated heterocycles. The second kappa shape index (κ2) is 9.97. The van der Waals surface area contributed by atoms with E-state index in [0.29, 0.717) is 28.8 Å². The first kappa shape index (κ1) is 20.7. The molecule has 0 radical (unpaired) electrons. The van der Waals surface area contributed by atoms with Crippen LogP contribution in [0.3, 0.4) is 0 Å². The molecule has 0 aromatic heterocycles. The van der Waals surface area contributed by atoms with Gasteiger partial charge in [0.2, 0.25) is 11.8 Å². The van der Waals surface area contributed by atoms with Crippen LogP contribution in [0.25, 0.3) is 0 Å². The minimum atomic E-state index is -0.0565. The molecule has 2 aliphatic rings. The number of rotatable bonds is 6. The van der Waals surface area contributed by atoms with Gasteiger partial charge in [0.15, 0.2) is 0 Å². The van der Waals surface area contributed by atoms with E-state index in [1.165, 1.54) is 6.42 Å². The molecule has 6 heteroatoms. The predicted octanol–water partition coefficient (Wildman–Crippen LogP) is 4.81. The highest BCUT2D eigenvalue weighted by atomic mass is 35.5. The van der Waals surface area contributed by atoms with Crippen molar-refractivity contribution in [3.05, 3.63) is 34.9 Å². The largest absolute Gasteiger partial charge is 0.495 e. The van der Waals surface area contributed by atoms with Gasteiger partial charge in [0, 0.05) is 30.1 Å². The standard InChI is InChI=1S/C22H29ClN2O3/c1-28-20-11-10-18(23)14-19(20)24-21(26)12-9-16-6-5-13-25(15-16)22(27)17-7-3-2-4-8-17/h7,10-11,14,16H,2-6,8-9,12-13,15H2,1H3,(H,24,26)/t16-/m0/s1. The van der Waals surface area contributed by atoms with Crippen molar-refractivity contribution in [2.75, 3.05) is 25.5 Å². The number of carbonyl (C=O) groups is 2. The van der Waals surface area contributed by atoms with E-state index >= 15 is 0 Å². The zero-order chi connectivity index (χ0) is 19.9. The Hall–Kier alpha value is -2.01. The summed E-state index contributed by atoms with van der Waals surface area (Å²) in [6.07, 6.45) is 9.61. The number of methoxy groups -OCH3 is 1. The molecule has 1 aliphatic carbocycles. The van der Waals surface area contributed by atoms with Crippen molar-refractivity contribution in [1.82, 2.24) is 4.90 Å². The van der Waals surface area contributed by atoms with Crippen LogP contribution in [0.2, 0.25) is 5.02 Å². The van der Waals surface area contributed by atoms with E-state index < -0.39 is 0 Å². The highest BCUT2D eigenvalue weighted by molar-refractivity contribution is 6.31. The number of nitrogens with one attached hydrogen (secondary N) is 1. The Morgan fingerprint density at radius 2 is 2.14 bits per heavy atom. The number of anilines is 1. The monoisotopic (exact) mass is 404 g/mol. The van der Waals surface area contributed by atoms with Gasteiger partial charge >= 0.3 is 0 Å². The van der Waals surface area contributed by atoms with Gasteiger partial charge in [0.1, 0.15) is 5.75 Å². The lowest BCUT2D eigenvalue weighted by molar-refractivity contribution is -0.129. The number of halogens is 1. The van der Waals surface area contributed by atoms with Gasteiger partial charge in [-0.2, -0.15) is 0 Å². The third-order valence-corrected chi connectivity index (χ3v) is 5.82. The van der Waals surface area contributed by atoms with Gasteiger partial charge in [-0.3, -0.25) is 9.59 Å². The van der Waals surface area contributed by atoms with Gasteiger partial charge in [-0.1, -0.05) is 17.7 Å². The summed E-state index contributed by atoms with van der Waals surface area (Å²) in [7, 11) is 1.56. The summed E-state index contributed by atoms with van der Waals surface area (Å²) < 4.78 is 5.27. The fourth-order valence-electron chi connectivity index (χ4n) is 4.05. The van der Waals surface area contributed by atoms with E-state index in [0.717, 1.165) is 57.2 Å². The molecule has 1 N–H and O–H groups in total. The molecule has 1 aliphatic heterocycles. The van der Waals surface area contributed by atoms with Crippen molar-refractivity contribution in [3.8, 4) is 5.75 Å². The van der Waals surface area contributed by atoms with E-state index in [2.05, 4.69) is 11.4 Å². The number of nitrogens with zero attached hydrogens (tertiary/aromatic N) is 1. The summed E-state index contributed by atoms with van der Waals surface area (Å²) in [6, 6.07) is 5.16. The SMILES string of the molecule is COc1ccc(Cl)cc1NC(=O)CC[C@@H]1CCCN(C(=O)C2=CCCCC2)C1. The van der Waals surface area contributed by atoms with Gasteiger partial charge in [-0.15, -0.1) is 0 Å². The summed E-state index contributed by atoms with van der Waals surface area (Å²) in [5.74, 6) is 1.11. The van der Waals surface area contributed by atoms with Crippen LogP contribution in [0.4, 0.5) is 5.69 Å². The maximum atomic E-state index is 12.7. The lowest BCUT2D eigenvalue weighted by Crippen LogP contribution is -2.41. The molecule has 152 valence electrons. The molecule has 1 fully saturated rings. The molecule has 3 rings (SSSR count). The molecular formula is C22H29ClN2O3. The highest BCUT2D eigenvalue weighted by Crippen LogP contribution is 2.29. The van der Waals surface area contributed by atoms with E-state index in [1.54, 1.807) is 25.3 Å². The second-order valence-electron chi connectivity index (χ2n) is 7.67. The van der Waals surface area contributed by atoms with Gasteiger partial charge in [-0.25, -0.2) is 0 Å². The molecule has 1 aromatic rings. The number of hydrogen-bond acceptors (Lipinski definition) is 3. The van der Waals surface area contributed by atoms with Gasteiger partial charge in [-0.05, 0) is 69.1 Å². The molecular weight excluding hydrogens is 376 g/mol. The first-order valence-corrected chi connectivity index (χ1v) is 10.6. The van der Waals surface area contributed by atoms with E-state index in [9.17, 15) is 9.59 Å². The fraction of sp³-hybridized carbons (Fsp3) is 0.545. The minimum Gasteiger partial charge on any atom is -0.495 e. The van der Waals surface area contributed by atoms with E-state index in [-0.39, 0.29) is 11.8 Å². The maximum absolute atomic E-state index is 12.7. The van der Waals surface area contributed by atoms with Crippen LogP contribution >= 0.6 is 11.6 Å². The quantitative estimate of drug-likeness (QED) is 0.740. The Kier molecular flexibility index (Phi) is 7.37. The Balaban J connectivity index is 1.50. The number of piperidine rings is 1. The van der Waals surface area contributed by atoms with Crippen molar-refractivity contribution in [2.45, 2.75) is 51.4 Å². The lowest BCUT2D eigenvalue weighted by atomic mass is 9.91. The number of likely N-dealkylation sites (tertiary alicyclic amines) is 1. The summed E-state index contributed by atoms with van der Waals surface area (Å²) >= 11 is 6.02. The van der Waals surface area contributed by atoms with Gasteiger partial charge < -0.3 is 15.0 Å². The zero-order valence-electron chi connectivity index (χ0n) is 16.5. The van der Waals surface area contributed by atoms with Crippen LogP contribution in [-0.2, 0) is 9.59 Å². The number of allylic oxidation sites excluding steroid dienone is 1. The molecule has 0 spiro atoms. The fourth-order valence-corrected chi connectivity index (χ4v) is 4.22. The molecule has 1 heterocycles. The number of carbonyl (C=O) groups excluding carboxylic acids is 2. The topological polar surface area (TPSA) is 58.6 Å². The molecule has 0 unspecified atom stereocenters. The normalized spacial score (nSPS) is 19.7. The van der Waals surface area contributed by atoms with Crippen molar-refractivity contribution in [3.63, 3.8) is 0 Å². The molecule has 0 saturated carbocycles. The number of amides is 2. The van der Waals surface area contributed by atoms with Gasteiger partial charge in [0.25, 0.3) is 0 Å². The Labute approximate surface area is 172 Å². The molecule has 1 aromatic carbocycles. The average Bonchev–Trinajstić information content (AvgIpc) is 2.73. The van der Waals surface area contributed by atoms with Crippen molar-refractivity contribution in [2.24, 2.45) is 5.92 Å². The number of hydrogen-bond donors (Lipinski definition) is 1. The average molecular weight is 405 g/mol. The Morgan fingerprint density at radius 1 is 1.29 bits per heavy atom. The summed E-state index contributed by atoms with van der Waals surface area (Å²) in [5.41, 5.74) is 1.57. The van der Waals surface area contributed by atoms with E-state index in [1.807, 2.05) is 4.90 Å². The summed E-state index contributed by atoms with van der Waals surface area (Å²) in [6.45, 7) is 1.59. The Bertz CT molecular complexity index is 747. The van der Waals surface area contributed by atoms with Crippen molar-refractivity contribution in [1.29, 1.82) is 0 Å². The third-order valence-electron chi connectivity index (χ3n) is 5.59. The van der Waals surface area contributed by atoms with Crippen molar-refractivity contribution < 1.29 is 14.3 Å². The van der Waals surface area contributed by atoms with Crippen molar-refractivity contribution >= 4 is 29.1 Å². The smallest absolute Gasteiger partial charge is 0.249 e. The lowest BCUT2D eigenvalue weighted by Gasteiger charge is -2.34. The Morgan fingerprint density at radius 3 is 2.89 bits per heavy atom. The number of benzene rings is 1. The number of ether oxygens (including phenoxy) is 1. The van der Waals surface area contributed by atoms with Crippen LogP contribution in [0, 0.1) is 5.92 Å². The summed E-state index contributed by atoms with van der Waals surface area (Å²) in [5, 5.41) is 3.44. The second-order valence-corrected chi connectivity index (χ2v) is 8.10. The maximum Gasteiger partial charge on any atom is 0.249 e. The first-order chi connectivity index (χ1) is 13.6. The van der Waals surface area contributed by atoms with E-state index in [4.69, 9.17) is 16.3 Å².